The molecule has 3 aromatic rings. The average molecular weight is 396 g/mol. The number of hydrogen-bond acceptors (Lipinski definition) is 5. The zero-order valence-electron chi connectivity index (χ0n) is 17.8. The van der Waals surface area contributed by atoms with Gasteiger partial charge < -0.3 is 9.80 Å². The van der Waals surface area contributed by atoms with Gasteiger partial charge in [-0.1, -0.05) is 13.8 Å². The van der Waals surface area contributed by atoms with Gasteiger partial charge in [-0.05, 0) is 57.5 Å². The lowest BCUT2D eigenvalue weighted by atomic mass is 9.95. The third kappa shape index (κ3) is 3.53. The molecule has 0 spiro atoms. The maximum Gasteiger partial charge on any atom is 0.272 e. The van der Waals surface area contributed by atoms with Gasteiger partial charge in [0.05, 0.1) is 5.69 Å². The van der Waals surface area contributed by atoms with Crippen LogP contribution < -0.4 is 0 Å². The lowest BCUT2D eigenvalue weighted by molar-refractivity contribution is 0.0652. The number of piperidine rings is 1. The summed E-state index contributed by atoms with van der Waals surface area (Å²) in [5.41, 5.74) is 5.13. The fourth-order valence-corrected chi connectivity index (χ4v) is 4.24. The number of amides is 1. The maximum atomic E-state index is 13.3. The molecule has 8 nitrogen and oxygen atoms in total. The number of pyridine rings is 1. The van der Waals surface area contributed by atoms with Crippen molar-refractivity contribution < 1.29 is 4.79 Å². The molecule has 29 heavy (non-hydrogen) atoms. The number of hydrogen-bond donors (Lipinski definition) is 1. The van der Waals surface area contributed by atoms with E-state index in [-0.39, 0.29) is 17.9 Å². The van der Waals surface area contributed by atoms with Gasteiger partial charge in [-0.3, -0.25) is 9.89 Å². The molecule has 1 aliphatic heterocycles. The van der Waals surface area contributed by atoms with E-state index < -0.39 is 0 Å². The first-order valence-corrected chi connectivity index (χ1v) is 10.2. The molecule has 0 aliphatic carbocycles. The van der Waals surface area contributed by atoms with E-state index in [4.69, 9.17) is 0 Å². The summed E-state index contributed by atoms with van der Waals surface area (Å²) in [7, 11) is 4.04. The van der Waals surface area contributed by atoms with Crippen molar-refractivity contribution in [1.82, 2.24) is 34.6 Å². The topological polar surface area (TPSA) is 82.4 Å². The Morgan fingerprint density at radius 2 is 2.03 bits per heavy atom. The molecule has 0 radical (unpaired) electrons. The van der Waals surface area contributed by atoms with Gasteiger partial charge in [0.1, 0.15) is 12.0 Å². The van der Waals surface area contributed by atoms with Crippen molar-refractivity contribution in [1.29, 1.82) is 0 Å². The van der Waals surface area contributed by atoms with Gasteiger partial charge in [-0.25, -0.2) is 9.50 Å². The summed E-state index contributed by atoms with van der Waals surface area (Å²) in [4.78, 5) is 21.8. The number of fused-ring (bicyclic) bond motifs is 1. The Morgan fingerprint density at radius 1 is 1.31 bits per heavy atom. The Balaban J connectivity index is 1.70. The van der Waals surface area contributed by atoms with Crippen molar-refractivity contribution in [2.24, 2.45) is 0 Å². The average Bonchev–Trinajstić information content (AvgIpc) is 3.34. The molecule has 0 bridgehead atoms. The summed E-state index contributed by atoms with van der Waals surface area (Å²) >= 11 is 0. The van der Waals surface area contributed by atoms with Crippen LogP contribution in [-0.4, -0.2) is 73.7 Å². The molecule has 8 heteroatoms. The second-order valence-corrected chi connectivity index (χ2v) is 8.41. The highest BCUT2D eigenvalue weighted by Gasteiger charge is 2.29. The number of rotatable bonds is 4. The van der Waals surface area contributed by atoms with Crippen LogP contribution in [0, 0.1) is 6.92 Å². The summed E-state index contributed by atoms with van der Waals surface area (Å²) in [6.45, 7) is 8.24. The fraction of sp³-hybridized carbons (Fsp3) is 0.524. The molecule has 1 aliphatic rings. The van der Waals surface area contributed by atoms with Crippen molar-refractivity contribution in [3.8, 4) is 11.3 Å². The highest BCUT2D eigenvalue weighted by atomic mass is 16.2. The highest BCUT2D eigenvalue weighted by molar-refractivity contribution is 5.96. The van der Waals surface area contributed by atoms with Crippen molar-refractivity contribution >= 4 is 11.6 Å². The zero-order valence-corrected chi connectivity index (χ0v) is 17.8. The van der Waals surface area contributed by atoms with Gasteiger partial charge in [-0.15, -0.1) is 0 Å². The van der Waals surface area contributed by atoms with E-state index in [0.29, 0.717) is 5.69 Å². The third-order valence-corrected chi connectivity index (χ3v) is 5.98. The minimum Gasteiger partial charge on any atom is -0.337 e. The van der Waals surface area contributed by atoms with Gasteiger partial charge in [0.2, 0.25) is 0 Å². The smallest absolute Gasteiger partial charge is 0.272 e. The third-order valence-electron chi connectivity index (χ3n) is 5.98. The van der Waals surface area contributed by atoms with Crippen LogP contribution in [0.15, 0.2) is 18.6 Å². The van der Waals surface area contributed by atoms with E-state index in [2.05, 4.69) is 52.1 Å². The van der Waals surface area contributed by atoms with E-state index in [9.17, 15) is 4.79 Å². The van der Waals surface area contributed by atoms with Crippen LogP contribution in [0.25, 0.3) is 16.9 Å². The van der Waals surface area contributed by atoms with E-state index in [1.165, 1.54) is 0 Å². The summed E-state index contributed by atoms with van der Waals surface area (Å²) < 4.78 is 1.76. The van der Waals surface area contributed by atoms with Crippen molar-refractivity contribution in [2.45, 2.75) is 45.6 Å². The maximum absolute atomic E-state index is 13.3. The Morgan fingerprint density at radius 3 is 2.72 bits per heavy atom. The molecule has 1 fully saturated rings. The van der Waals surface area contributed by atoms with Gasteiger partial charge in [0, 0.05) is 30.4 Å². The number of carbonyl (C=O) groups excluding carboxylic acids is 1. The number of H-pyrrole nitrogens is 1. The van der Waals surface area contributed by atoms with Crippen molar-refractivity contribution in [3.05, 3.63) is 35.4 Å². The number of carbonyl (C=O) groups is 1. The molecule has 3 aromatic heterocycles. The molecular weight excluding hydrogens is 366 g/mol. The second-order valence-electron chi connectivity index (χ2n) is 8.41. The van der Waals surface area contributed by atoms with Gasteiger partial charge in [0.15, 0.2) is 5.65 Å². The van der Waals surface area contributed by atoms with Crippen LogP contribution >= 0.6 is 0 Å². The Kier molecular flexibility index (Phi) is 5.12. The summed E-state index contributed by atoms with van der Waals surface area (Å²) in [6.07, 6.45) is 5.47. The monoisotopic (exact) mass is 395 g/mol. The summed E-state index contributed by atoms with van der Waals surface area (Å²) in [5, 5.41) is 11.9. The number of aromatic amines is 1. The van der Waals surface area contributed by atoms with Crippen molar-refractivity contribution in [2.75, 3.05) is 27.2 Å². The second kappa shape index (κ2) is 7.59. The molecule has 0 aromatic carbocycles. The normalized spacial score (nSPS) is 16.1. The minimum absolute atomic E-state index is 0.0144. The van der Waals surface area contributed by atoms with Crippen LogP contribution in [0.5, 0.6) is 0 Å². The standard InChI is InChI=1S/C21H29N7O/c1-13(2)17-18(15-10-14(3)20-22-12-23-28(20)11-15)24-25-19(17)21(29)27(5)16-6-8-26(4)9-7-16/h10-13,16H,6-9H2,1-5H3,(H,24,25). The number of nitrogens with one attached hydrogen (secondary N) is 1. The first-order valence-electron chi connectivity index (χ1n) is 10.2. The first-order chi connectivity index (χ1) is 13.9. The van der Waals surface area contributed by atoms with Gasteiger partial charge >= 0.3 is 0 Å². The molecule has 4 rings (SSSR count). The number of aryl methyl sites for hydroxylation is 1. The van der Waals surface area contributed by atoms with E-state index in [0.717, 1.165) is 54.0 Å². The SMILES string of the molecule is Cc1cc(-c2n[nH]c(C(=O)N(C)C3CCN(C)CC3)c2C(C)C)cn2ncnc12. The van der Waals surface area contributed by atoms with Gasteiger partial charge in [-0.2, -0.15) is 10.2 Å². The Labute approximate surface area is 170 Å². The van der Waals surface area contributed by atoms with E-state index >= 15 is 0 Å². The van der Waals surface area contributed by atoms with Crippen LogP contribution in [0.3, 0.4) is 0 Å². The molecule has 1 saturated heterocycles. The first kappa shape index (κ1) is 19.6. The number of nitrogens with zero attached hydrogens (tertiary/aromatic N) is 6. The Bertz CT molecular complexity index is 1030. The molecular formula is C21H29N7O. The largest absolute Gasteiger partial charge is 0.337 e. The Hall–Kier alpha value is -2.74. The lowest BCUT2D eigenvalue weighted by Crippen LogP contribution is -2.44. The molecule has 0 atom stereocenters. The molecule has 154 valence electrons. The molecule has 0 unspecified atom stereocenters. The molecule has 1 N–H and O–H groups in total. The summed E-state index contributed by atoms with van der Waals surface area (Å²) in [6, 6.07) is 2.32. The van der Waals surface area contributed by atoms with E-state index in [1.807, 2.05) is 25.1 Å². The van der Waals surface area contributed by atoms with Crippen molar-refractivity contribution in [3.63, 3.8) is 0 Å². The zero-order chi connectivity index (χ0) is 20.7. The predicted octanol–water partition coefficient (Wildman–Crippen LogP) is 2.72. The minimum atomic E-state index is 0.0144. The van der Waals surface area contributed by atoms with Crippen LogP contribution in [0.1, 0.15) is 54.2 Å². The van der Waals surface area contributed by atoms with Crippen LogP contribution in [0.2, 0.25) is 0 Å². The predicted molar refractivity (Wildman–Crippen MR) is 112 cm³/mol. The molecule has 1 amide bonds. The lowest BCUT2D eigenvalue weighted by Gasteiger charge is -2.35. The van der Waals surface area contributed by atoms with Crippen LogP contribution in [-0.2, 0) is 0 Å². The number of likely N-dealkylation sites (tertiary alicyclic amines) is 1. The highest BCUT2D eigenvalue weighted by Crippen LogP contribution is 2.32. The summed E-state index contributed by atoms with van der Waals surface area (Å²) in [5.74, 6) is 0.167. The quantitative estimate of drug-likeness (QED) is 0.734. The van der Waals surface area contributed by atoms with E-state index in [1.54, 1.807) is 10.8 Å². The number of aromatic nitrogens is 5. The molecule has 4 heterocycles. The fourth-order valence-electron chi connectivity index (χ4n) is 4.24. The molecule has 0 saturated carbocycles. The van der Waals surface area contributed by atoms with Gasteiger partial charge in [0.25, 0.3) is 5.91 Å². The van der Waals surface area contributed by atoms with Crippen LogP contribution in [0.4, 0.5) is 0 Å².